The normalized spacial score (nSPS) is 13.0. The van der Waals surface area contributed by atoms with Gasteiger partial charge in [0.2, 0.25) is 10.3 Å². The van der Waals surface area contributed by atoms with Crippen molar-refractivity contribution in [3.05, 3.63) is 113 Å². The van der Waals surface area contributed by atoms with Gasteiger partial charge in [-0.05, 0) is 25.5 Å². The van der Waals surface area contributed by atoms with Crippen LogP contribution in [0.2, 0.25) is 0 Å². The summed E-state index contributed by atoms with van der Waals surface area (Å²) in [4.78, 5) is 22.8. The standard InChI is InChI=1S/C28H26N6OS2/c1-5-9-14-19(8-4)22-18-36-28(30-22)34-26(35)25(24(33-34)20(13-7-3)15-10-6-2)31-32-27-29-21-16-11-12-17-23(21)37-27/h5,7-18,33H,3-4,6H2,1-2H3/b9-5-,15-10-,19-14+,20-13+,32-31?. The average molecular weight is 527 g/mol. The monoisotopic (exact) mass is 526 g/mol. The van der Waals surface area contributed by atoms with E-state index in [9.17, 15) is 4.79 Å². The molecule has 3 heterocycles. The second kappa shape index (κ2) is 12.2. The van der Waals surface area contributed by atoms with E-state index in [4.69, 9.17) is 0 Å². The van der Waals surface area contributed by atoms with E-state index in [1.807, 2.05) is 79.9 Å². The van der Waals surface area contributed by atoms with Crippen molar-refractivity contribution in [2.24, 2.45) is 10.2 Å². The van der Waals surface area contributed by atoms with Crippen molar-refractivity contribution in [3.63, 3.8) is 0 Å². The Balaban J connectivity index is 1.83. The molecule has 0 spiro atoms. The summed E-state index contributed by atoms with van der Waals surface area (Å²) in [6.45, 7) is 11.7. The number of H-pyrrole nitrogens is 1. The van der Waals surface area contributed by atoms with Gasteiger partial charge in [0.05, 0.1) is 21.6 Å². The molecule has 0 fully saturated rings. The van der Waals surface area contributed by atoms with Crippen molar-refractivity contribution < 1.29 is 0 Å². The van der Waals surface area contributed by atoms with Crippen LogP contribution < -0.4 is 5.56 Å². The number of aromatic amines is 1. The van der Waals surface area contributed by atoms with E-state index in [0.717, 1.165) is 33.5 Å². The first-order chi connectivity index (χ1) is 18.1. The SMILES string of the molecule is C=C/C=C(\C=C/CC)c1[nH]n(-c2nc(/C(C=C)=C/C=C\C)cs2)c(=O)c1N=Nc1nc2ccccc2s1. The molecule has 0 saturated carbocycles. The highest BCUT2D eigenvalue weighted by atomic mass is 32.1. The van der Waals surface area contributed by atoms with Gasteiger partial charge < -0.3 is 0 Å². The number of nitrogens with zero attached hydrogens (tertiary/aromatic N) is 5. The molecule has 4 rings (SSSR count). The number of thiazole rings is 2. The van der Waals surface area contributed by atoms with Crippen molar-refractivity contribution in [1.82, 2.24) is 19.7 Å². The van der Waals surface area contributed by atoms with E-state index >= 15 is 0 Å². The van der Waals surface area contributed by atoms with Crippen LogP contribution in [0, 0.1) is 0 Å². The Bertz CT molecular complexity index is 1600. The zero-order valence-corrected chi connectivity index (χ0v) is 22.2. The molecular weight excluding hydrogens is 500 g/mol. The molecule has 37 heavy (non-hydrogen) atoms. The number of allylic oxidation sites excluding steroid dienone is 10. The van der Waals surface area contributed by atoms with Crippen molar-refractivity contribution in [2.75, 3.05) is 0 Å². The summed E-state index contributed by atoms with van der Waals surface area (Å²) < 4.78 is 2.39. The highest BCUT2D eigenvalue weighted by Gasteiger charge is 2.20. The summed E-state index contributed by atoms with van der Waals surface area (Å²) in [5.41, 5.74) is 3.49. The maximum atomic E-state index is 13.6. The van der Waals surface area contributed by atoms with Crippen LogP contribution in [0.15, 0.2) is 106 Å². The molecule has 0 amide bonds. The first-order valence-electron chi connectivity index (χ1n) is 11.6. The van der Waals surface area contributed by atoms with Crippen molar-refractivity contribution >= 4 is 54.9 Å². The molecule has 0 radical (unpaired) electrons. The molecule has 0 atom stereocenters. The fraction of sp³-hybridized carbons (Fsp3) is 0.107. The van der Waals surface area contributed by atoms with Crippen LogP contribution in [0.1, 0.15) is 31.7 Å². The van der Waals surface area contributed by atoms with Crippen molar-refractivity contribution in [3.8, 4) is 5.13 Å². The van der Waals surface area contributed by atoms with Crippen LogP contribution >= 0.6 is 22.7 Å². The molecule has 186 valence electrons. The maximum Gasteiger partial charge on any atom is 0.301 e. The Morgan fingerprint density at radius 1 is 1.16 bits per heavy atom. The molecule has 0 aliphatic rings. The van der Waals surface area contributed by atoms with Crippen LogP contribution in [-0.2, 0) is 0 Å². The lowest BCUT2D eigenvalue weighted by molar-refractivity contribution is 0.833. The topological polar surface area (TPSA) is 88.3 Å². The highest BCUT2D eigenvalue weighted by Crippen LogP contribution is 2.31. The number of para-hydroxylation sites is 1. The zero-order valence-electron chi connectivity index (χ0n) is 20.6. The van der Waals surface area contributed by atoms with Gasteiger partial charge in [0.15, 0.2) is 5.69 Å². The zero-order chi connectivity index (χ0) is 26.2. The lowest BCUT2D eigenvalue weighted by Gasteiger charge is -2.00. The molecule has 0 bridgehead atoms. The molecule has 1 aromatic carbocycles. The summed E-state index contributed by atoms with van der Waals surface area (Å²) in [5, 5.41) is 14.7. The Hall–Kier alpha value is -4.21. The average Bonchev–Trinajstić information content (AvgIpc) is 3.63. The molecule has 3 aromatic heterocycles. The lowest BCUT2D eigenvalue weighted by Crippen LogP contribution is -2.13. The van der Waals surface area contributed by atoms with Gasteiger partial charge in [-0.15, -0.1) is 21.6 Å². The molecule has 0 aliphatic heterocycles. The van der Waals surface area contributed by atoms with Crippen LogP contribution in [0.4, 0.5) is 10.8 Å². The number of hydrogen-bond donors (Lipinski definition) is 1. The number of hydrogen-bond acceptors (Lipinski definition) is 7. The van der Waals surface area contributed by atoms with Crippen LogP contribution in [0.25, 0.3) is 26.5 Å². The number of azo groups is 1. The molecule has 9 heteroatoms. The second-order valence-corrected chi connectivity index (χ2v) is 9.52. The van der Waals surface area contributed by atoms with E-state index in [1.54, 1.807) is 12.2 Å². The summed E-state index contributed by atoms with van der Waals surface area (Å²) in [6.07, 6.45) is 15.8. The minimum absolute atomic E-state index is 0.165. The van der Waals surface area contributed by atoms with E-state index in [2.05, 4.69) is 38.5 Å². The number of fused-ring (bicyclic) bond motifs is 1. The number of nitrogens with one attached hydrogen (secondary N) is 1. The van der Waals surface area contributed by atoms with Crippen molar-refractivity contribution in [1.29, 1.82) is 0 Å². The first kappa shape index (κ1) is 25.9. The van der Waals surface area contributed by atoms with Gasteiger partial charge in [-0.25, -0.2) is 9.97 Å². The third-order valence-corrected chi connectivity index (χ3v) is 6.92. The van der Waals surface area contributed by atoms with Gasteiger partial charge in [0, 0.05) is 16.5 Å². The first-order valence-corrected chi connectivity index (χ1v) is 13.3. The summed E-state index contributed by atoms with van der Waals surface area (Å²) in [7, 11) is 0. The lowest BCUT2D eigenvalue weighted by atomic mass is 10.1. The molecule has 0 unspecified atom stereocenters. The Morgan fingerprint density at radius 3 is 2.73 bits per heavy atom. The number of rotatable bonds is 10. The minimum Gasteiger partial charge on any atom is -0.286 e. The maximum absolute atomic E-state index is 13.6. The van der Waals surface area contributed by atoms with Crippen molar-refractivity contribution in [2.45, 2.75) is 20.3 Å². The van der Waals surface area contributed by atoms with Gasteiger partial charge >= 0.3 is 5.56 Å². The molecule has 7 nitrogen and oxygen atoms in total. The molecule has 1 N–H and O–H groups in total. The van der Waals surface area contributed by atoms with Gasteiger partial charge in [-0.3, -0.25) is 9.89 Å². The minimum atomic E-state index is -0.363. The third-order valence-electron chi connectivity index (χ3n) is 5.17. The molecular formula is C28H26N6OS2. The Kier molecular flexibility index (Phi) is 8.50. The van der Waals surface area contributed by atoms with E-state index in [-0.39, 0.29) is 11.2 Å². The number of aromatic nitrogens is 4. The summed E-state index contributed by atoms with van der Waals surface area (Å²) in [5.74, 6) is 0. The quantitative estimate of drug-likeness (QED) is 0.166. The molecule has 0 saturated heterocycles. The Labute approximate surface area is 222 Å². The fourth-order valence-electron chi connectivity index (χ4n) is 3.40. The second-order valence-electron chi connectivity index (χ2n) is 7.68. The summed E-state index contributed by atoms with van der Waals surface area (Å²) >= 11 is 2.76. The van der Waals surface area contributed by atoms with E-state index < -0.39 is 0 Å². The third kappa shape index (κ3) is 5.79. The molecule has 0 aliphatic carbocycles. The number of benzene rings is 1. The van der Waals surface area contributed by atoms with E-state index in [0.29, 0.717) is 16.0 Å². The van der Waals surface area contributed by atoms with Crippen LogP contribution in [0.5, 0.6) is 0 Å². The van der Waals surface area contributed by atoms with E-state index in [1.165, 1.54) is 27.4 Å². The van der Waals surface area contributed by atoms with Gasteiger partial charge in [0.1, 0.15) is 0 Å². The smallest absolute Gasteiger partial charge is 0.286 e. The Morgan fingerprint density at radius 2 is 2.00 bits per heavy atom. The largest absolute Gasteiger partial charge is 0.301 e. The van der Waals surface area contributed by atoms with Crippen LogP contribution in [-0.4, -0.2) is 19.7 Å². The predicted octanol–water partition coefficient (Wildman–Crippen LogP) is 8.33. The van der Waals surface area contributed by atoms with Gasteiger partial charge in [-0.2, -0.15) is 4.68 Å². The highest BCUT2D eigenvalue weighted by molar-refractivity contribution is 7.21. The molecule has 4 aromatic rings. The van der Waals surface area contributed by atoms with Gasteiger partial charge in [-0.1, -0.05) is 92.2 Å². The summed E-state index contributed by atoms with van der Waals surface area (Å²) in [6, 6.07) is 7.77. The van der Waals surface area contributed by atoms with Gasteiger partial charge in [0.25, 0.3) is 0 Å². The fourth-order valence-corrected chi connectivity index (χ4v) is 4.98. The predicted molar refractivity (Wildman–Crippen MR) is 156 cm³/mol. The van der Waals surface area contributed by atoms with Crippen LogP contribution in [0.3, 0.4) is 0 Å².